The number of hydrogen-bond acceptors (Lipinski definition) is 5. The topological polar surface area (TPSA) is 85.0 Å². The number of carbonyl (C=O) groups is 3. The summed E-state index contributed by atoms with van der Waals surface area (Å²) in [7, 11) is 0. The van der Waals surface area contributed by atoms with Crippen LogP contribution in [0.25, 0.3) is 0 Å². The van der Waals surface area contributed by atoms with Crippen molar-refractivity contribution >= 4 is 23.4 Å². The third kappa shape index (κ3) is 4.07. The fourth-order valence-corrected chi connectivity index (χ4v) is 4.41. The van der Waals surface area contributed by atoms with Gasteiger partial charge in [0.2, 0.25) is 11.8 Å². The largest absolute Gasteiger partial charge is 0.362 e. The van der Waals surface area contributed by atoms with Gasteiger partial charge in [0, 0.05) is 51.3 Å². The summed E-state index contributed by atoms with van der Waals surface area (Å²) in [6, 6.07) is 7.40. The van der Waals surface area contributed by atoms with Gasteiger partial charge in [-0.25, -0.2) is 0 Å². The molecule has 1 spiro atoms. The van der Waals surface area contributed by atoms with Crippen LogP contribution < -0.4 is 10.6 Å². The fourth-order valence-electron chi connectivity index (χ4n) is 4.41. The molecule has 1 aromatic carbocycles. The van der Waals surface area contributed by atoms with E-state index in [9.17, 15) is 14.4 Å². The molecule has 2 saturated heterocycles. The van der Waals surface area contributed by atoms with Crippen molar-refractivity contribution in [1.82, 2.24) is 20.0 Å². The first-order valence-corrected chi connectivity index (χ1v) is 10.5. The molecule has 1 atom stereocenters. The van der Waals surface area contributed by atoms with Crippen molar-refractivity contribution in [1.29, 1.82) is 0 Å². The normalized spacial score (nSPS) is 25.3. The zero-order chi connectivity index (χ0) is 20.4. The highest BCUT2D eigenvalue weighted by molar-refractivity contribution is 6.02. The minimum Gasteiger partial charge on any atom is -0.362 e. The van der Waals surface area contributed by atoms with Crippen LogP contribution in [0.3, 0.4) is 0 Å². The first-order chi connectivity index (χ1) is 14.0. The van der Waals surface area contributed by atoms with E-state index in [1.807, 2.05) is 23.1 Å². The molecule has 4 rings (SSSR count). The third-order valence-electron chi connectivity index (χ3n) is 6.32. The van der Waals surface area contributed by atoms with Crippen LogP contribution in [0.5, 0.6) is 0 Å². The molecule has 3 heterocycles. The number of para-hydroxylation sites is 1. The molecule has 3 aliphatic rings. The van der Waals surface area contributed by atoms with Crippen molar-refractivity contribution in [2.75, 3.05) is 51.1 Å². The van der Waals surface area contributed by atoms with Gasteiger partial charge in [-0.2, -0.15) is 0 Å². The summed E-state index contributed by atoms with van der Waals surface area (Å²) >= 11 is 0. The fraction of sp³-hybridized carbons (Fsp3) is 0.571. The van der Waals surface area contributed by atoms with E-state index in [4.69, 9.17) is 0 Å². The molecule has 29 heavy (non-hydrogen) atoms. The van der Waals surface area contributed by atoms with Crippen LogP contribution in [0, 0.1) is 0 Å². The average molecular weight is 399 g/mol. The molecule has 0 bridgehead atoms. The number of amides is 3. The summed E-state index contributed by atoms with van der Waals surface area (Å²) in [5, 5.41) is 6.51. The maximum absolute atomic E-state index is 12.7. The molecule has 3 amide bonds. The second-order valence-electron chi connectivity index (χ2n) is 8.09. The molecular weight excluding hydrogens is 370 g/mol. The Hall–Kier alpha value is -2.61. The summed E-state index contributed by atoms with van der Waals surface area (Å²) in [4.78, 5) is 43.8. The monoisotopic (exact) mass is 399 g/mol. The van der Waals surface area contributed by atoms with Crippen LogP contribution in [0.4, 0.5) is 5.69 Å². The Morgan fingerprint density at radius 1 is 1.03 bits per heavy atom. The Morgan fingerprint density at radius 2 is 1.79 bits per heavy atom. The van der Waals surface area contributed by atoms with Crippen LogP contribution in [-0.4, -0.2) is 83.9 Å². The highest BCUT2D eigenvalue weighted by Crippen LogP contribution is 2.31. The van der Waals surface area contributed by atoms with Crippen LogP contribution in [0.15, 0.2) is 24.3 Å². The van der Waals surface area contributed by atoms with Gasteiger partial charge in [0.05, 0.1) is 12.1 Å². The van der Waals surface area contributed by atoms with E-state index in [-0.39, 0.29) is 24.3 Å². The molecule has 2 N–H and O–H groups in total. The molecule has 0 aromatic heterocycles. The van der Waals surface area contributed by atoms with Gasteiger partial charge in [-0.3, -0.25) is 14.4 Å². The minimum absolute atomic E-state index is 0.0102. The van der Waals surface area contributed by atoms with Gasteiger partial charge in [0.1, 0.15) is 5.66 Å². The SMILES string of the molecule is CCN1CCN(C(=O)CN2CCC3(CCC2=O)NC(=O)c2ccccc2N3)CC1. The quantitative estimate of drug-likeness (QED) is 0.782. The lowest BCUT2D eigenvalue weighted by atomic mass is 9.95. The molecule has 8 heteroatoms. The van der Waals surface area contributed by atoms with E-state index in [0.29, 0.717) is 44.5 Å². The summed E-state index contributed by atoms with van der Waals surface area (Å²) in [5.41, 5.74) is 0.764. The number of rotatable bonds is 3. The third-order valence-corrected chi connectivity index (χ3v) is 6.32. The standard InChI is InChI=1S/C21H29N5O3/c1-2-24-11-13-25(14-12-24)19(28)15-26-10-9-21(8-7-18(26)27)22-17-6-4-3-5-16(17)20(29)23-21/h3-6,22H,2,7-15H2,1H3,(H,23,29). The van der Waals surface area contributed by atoms with Crippen molar-refractivity contribution < 1.29 is 14.4 Å². The van der Waals surface area contributed by atoms with E-state index in [1.54, 1.807) is 11.0 Å². The zero-order valence-corrected chi connectivity index (χ0v) is 16.9. The molecule has 1 unspecified atom stereocenters. The van der Waals surface area contributed by atoms with Gasteiger partial charge in [0.25, 0.3) is 5.91 Å². The lowest BCUT2D eigenvalue weighted by Gasteiger charge is -2.40. The van der Waals surface area contributed by atoms with Crippen molar-refractivity contribution in [2.45, 2.75) is 31.8 Å². The number of nitrogens with one attached hydrogen (secondary N) is 2. The van der Waals surface area contributed by atoms with Crippen LogP contribution >= 0.6 is 0 Å². The van der Waals surface area contributed by atoms with Crippen molar-refractivity contribution in [3.8, 4) is 0 Å². The molecule has 3 aliphatic heterocycles. The van der Waals surface area contributed by atoms with E-state index in [2.05, 4.69) is 22.5 Å². The van der Waals surface area contributed by atoms with E-state index >= 15 is 0 Å². The van der Waals surface area contributed by atoms with Gasteiger partial charge in [0.15, 0.2) is 0 Å². The van der Waals surface area contributed by atoms with Gasteiger partial charge >= 0.3 is 0 Å². The highest BCUT2D eigenvalue weighted by atomic mass is 16.2. The first kappa shape index (κ1) is 19.7. The Balaban J connectivity index is 1.39. The second-order valence-corrected chi connectivity index (χ2v) is 8.09. The summed E-state index contributed by atoms with van der Waals surface area (Å²) in [6.07, 6.45) is 1.37. The molecule has 0 saturated carbocycles. The predicted octanol–water partition coefficient (Wildman–Crippen LogP) is 0.715. The van der Waals surface area contributed by atoms with Crippen LogP contribution in [-0.2, 0) is 9.59 Å². The number of hydrogen-bond donors (Lipinski definition) is 2. The molecule has 156 valence electrons. The smallest absolute Gasteiger partial charge is 0.255 e. The van der Waals surface area contributed by atoms with Crippen LogP contribution in [0.1, 0.15) is 36.5 Å². The van der Waals surface area contributed by atoms with E-state index in [0.717, 1.165) is 25.3 Å². The highest BCUT2D eigenvalue weighted by Gasteiger charge is 2.40. The molecule has 1 aromatic rings. The van der Waals surface area contributed by atoms with E-state index < -0.39 is 5.66 Å². The van der Waals surface area contributed by atoms with E-state index in [1.165, 1.54) is 0 Å². The number of benzene rings is 1. The molecular formula is C21H29N5O3. The minimum atomic E-state index is -0.647. The number of likely N-dealkylation sites (tertiary alicyclic amines) is 1. The number of likely N-dealkylation sites (N-methyl/N-ethyl adjacent to an activating group) is 1. The number of nitrogens with zero attached hydrogens (tertiary/aromatic N) is 3. The van der Waals surface area contributed by atoms with Crippen molar-refractivity contribution in [2.24, 2.45) is 0 Å². The lowest BCUT2D eigenvalue weighted by Crippen LogP contribution is -2.58. The Bertz CT molecular complexity index is 805. The molecule has 2 fully saturated rings. The molecule has 0 radical (unpaired) electrons. The molecule has 8 nitrogen and oxygen atoms in total. The maximum atomic E-state index is 12.7. The maximum Gasteiger partial charge on any atom is 0.255 e. The first-order valence-electron chi connectivity index (χ1n) is 10.5. The van der Waals surface area contributed by atoms with Crippen molar-refractivity contribution in [3.63, 3.8) is 0 Å². The Morgan fingerprint density at radius 3 is 2.55 bits per heavy atom. The van der Waals surface area contributed by atoms with Crippen molar-refractivity contribution in [3.05, 3.63) is 29.8 Å². The number of anilines is 1. The molecule has 0 aliphatic carbocycles. The Kier molecular flexibility index (Phi) is 5.45. The predicted molar refractivity (Wildman–Crippen MR) is 109 cm³/mol. The summed E-state index contributed by atoms with van der Waals surface area (Å²) in [5.74, 6) is -0.140. The summed E-state index contributed by atoms with van der Waals surface area (Å²) < 4.78 is 0. The Labute approximate surface area is 171 Å². The number of fused-ring (bicyclic) bond motifs is 1. The zero-order valence-electron chi connectivity index (χ0n) is 16.9. The van der Waals surface area contributed by atoms with Crippen LogP contribution in [0.2, 0.25) is 0 Å². The second kappa shape index (κ2) is 8.02. The van der Waals surface area contributed by atoms with Gasteiger partial charge in [-0.15, -0.1) is 0 Å². The number of piperazine rings is 1. The number of carbonyl (C=O) groups excluding carboxylic acids is 3. The van der Waals surface area contributed by atoms with Gasteiger partial charge < -0.3 is 25.3 Å². The lowest BCUT2D eigenvalue weighted by molar-refractivity contribution is -0.141. The summed E-state index contributed by atoms with van der Waals surface area (Å²) in [6.45, 7) is 6.88. The van der Waals surface area contributed by atoms with Gasteiger partial charge in [-0.05, 0) is 25.1 Å². The average Bonchev–Trinajstić information content (AvgIpc) is 2.88. The van der Waals surface area contributed by atoms with Gasteiger partial charge in [-0.1, -0.05) is 19.1 Å².